The maximum atomic E-state index is 12.5. The van der Waals surface area contributed by atoms with Gasteiger partial charge in [0.05, 0.1) is 13.2 Å². The highest BCUT2D eigenvalue weighted by Crippen LogP contribution is 2.41. The summed E-state index contributed by atoms with van der Waals surface area (Å²) in [5.74, 6) is 2.05. The average molecular weight is 369 g/mol. The molecule has 144 valence electrons. The molecule has 1 atom stereocenters. The van der Waals surface area contributed by atoms with Gasteiger partial charge in [-0.25, -0.2) is 0 Å². The smallest absolute Gasteiger partial charge is 0.258 e. The molecule has 2 aromatic rings. The molecule has 0 aliphatic carbocycles. The Morgan fingerprint density at radius 1 is 1.22 bits per heavy atom. The van der Waals surface area contributed by atoms with Crippen LogP contribution in [0.3, 0.4) is 0 Å². The zero-order chi connectivity index (χ0) is 19.6. The van der Waals surface area contributed by atoms with E-state index in [1.165, 1.54) is 5.56 Å². The van der Waals surface area contributed by atoms with Crippen molar-refractivity contribution in [2.45, 2.75) is 45.8 Å². The summed E-state index contributed by atoms with van der Waals surface area (Å²) in [5, 5.41) is 3.08. The van der Waals surface area contributed by atoms with Crippen LogP contribution < -0.4 is 19.5 Å². The van der Waals surface area contributed by atoms with Crippen molar-refractivity contribution in [3.05, 3.63) is 53.1 Å². The molecule has 1 aliphatic rings. The van der Waals surface area contributed by atoms with Gasteiger partial charge in [0, 0.05) is 18.1 Å². The first-order valence-electron chi connectivity index (χ1n) is 9.14. The van der Waals surface area contributed by atoms with Gasteiger partial charge in [0.15, 0.2) is 6.61 Å². The molecule has 0 saturated carbocycles. The largest absolute Gasteiger partial charge is 0.497 e. The summed E-state index contributed by atoms with van der Waals surface area (Å²) in [6.07, 6.45) is 0.682. The first-order chi connectivity index (χ1) is 12.8. The Morgan fingerprint density at radius 2 is 2.00 bits per heavy atom. The Hall–Kier alpha value is -2.69. The Kier molecular flexibility index (Phi) is 5.31. The summed E-state index contributed by atoms with van der Waals surface area (Å²) < 4.78 is 17.1. The second-order valence-electron chi connectivity index (χ2n) is 7.65. The zero-order valence-corrected chi connectivity index (χ0v) is 16.6. The van der Waals surface area contributed by atoms with Gasteiger partial charge in [-0.1, -0.05) is 17.7 Å². The quantitative estimate of drug-likeness (QED) is 0.862. The van der Waals surface area contributed by atoms with Gasteiger partial charge in [-0.05, 0) is 51.5 Å². The van der Waals surface area contributed by atoms with E-state index in [0.29, 0.717) is 6.42 Å². The number of hydrogen-bond donors (Lipinski definition) is 1. The summed E-state index contributed by atoms with van der Waals surface area (Å²) >= 11 is 0. The first kappa shape index (κ1) is 19.1. The maximum absolute atomic E-state index is 12.5. The van der Waals surface area contributed by atoms with Crippen molar-refractivity contribution in [3.8, 4) is 17.2 Å². The number of carbonyl (C=O) groups excluding carboxylic acids is 1. The molecule has 1 aliphatic heterocycles. The number of carbonyl (C=O) groups is 1. The summed E-state index contributed by atoms with van der Waals surface area (Å²) in [4.78, 5) is 12.5. The lowest BCUT2D eigenvalue weighted by atomic mass is 9.89. The Morgan fingerprint density at radius 3 is 2.70 bits per heavy atom. The third-order valence-electron chi connectivity index (χ3n) is 4.70. The number of methoxy groups -OCH3 is 1. The lowest BCUT2D eigenvalue weighted by Crippen LogP contribution is -2.42. The maximum Gasteiger partial charge on any atom is 0.258 e. The summed E-state index contributed by atoms with van der Waals surface area (Å²) in [7, 11) is 1.62. The van der Waals surface area contributed by atoms with Crippen LogP contribution in [0.25, 0.3) is 0 Å². The zero-order valence-electron chi connectivity index (χ0n) is 16.6. The minimum absolute atomic E-state index is 0.0207. The molecule has 1 amide bonds. The van der Waals surface area contributed by atoms with E-state index in [1.54, 1.807) is 7.11 Å². The molecule has 0 radical (unpaired) electrons. The van der Waals surface area contributed by atoms with E-state index >= 15 is 0 Å². The monoisotopic (exact) mass is 369 g/mol. The molecule has 2 aromatic carbocycles. The molecule has 5 nitrogen and oxygen atoms in total. The number of hydrogen-bond acceptors (Lipinski definition) is 4. The van der Waals surface area contributed by atoms with Crippen molar-refractivity contribution in [2.75, 3.05) is 13.7 Å². The molecule has 0 bridgehead atoms. The van der Waals surface area contributed by atoms with E-state index in [9.17, 15) is 4.79 Å². The fraction of sp³-hybridized carbons (Fsp3) is 0.409. The molecule has 0 saturated heterocycles. The van der Waals surface area contributed by atoms with Crippen LogP contribution in [0.5, 0.6) is 17.2 Å². The third kappa shape index (κ3) is 4.54. The second kappa shape index (κ2) is 7.51. The van der Waals surface area contributed by atoms with Gasteiger partial charge in [0.2, 0.25) is 0 Å². The van der Waals surface area contributed by atoms with Gasteiger partial charge in [0.25, 0.3) is 5.91 Å². The minimum Gasteiger partial charge on any atom is -0.497 e. The van der Waals surface area contributed by atoms with Crippen LogP contribution in [0.15, 0.2) is 36.4 Å². The highest BCUT2D eigenvalue weighted by atomic mass is 16.5. The Bertz CT molecular complexity index is 844. The number of benzene rings is 2. The van der Waals surface area contributed by atoms with Crippen molar-refractivity contribution in [1.29, 1.82) is 0 Å². The third-order valence-corrected chi connectivity index (χ3v) is 4.70. The van der Waals surface area contributed by atoms with Crippen molar-refractivity contribution in [2.24, 2.45) is 0 Å². The predicted octanol–water partition coefficient (Wildman–Crippen LogP) is 4.11. The van der Waals surface area contributed by atoms with Gasteiger partial charge < -0.3 is 19.5 Å². The number of ether oxygens (including phenoxy) is 3. The molecular weight excluding hydrogens is 342 g/mol. The predicted molar refractivity (Wildman–Crippen MR) is 105 cm³/mol. The number of aryl methyl sites for hydroxylation is 2. The molecule has 1 N–H and O–H groups in total. The van der Waals surface area contributed by atoms with Gasteiger partial charge in [0.1, 0.15) is 22.8 Å². The van der Waals surface area contributed by atoms with Gasteiger partial charge in [-0.3, -0.25) is 4.79 Å². The summed E-state index contributed by atoms with van der Waals surface area (Å²) in [6.45, 7) is 8.02. The highest BCUT2D eigenvalue weighted by molar-refractivity contribution is 5.78. The highest BCUT2D eigenvalue weighted by Gasteiger charge is 2.34. The molecule has 0 spiro atoms. The number of amides is 1. The SMILES string of the molecule is COc1ccc2c(c1)OC(C)(C)CC2NC(=O)COc1ccc(C)cc1C. The number of nitrogens with one attached hydrogen (secondary N) is 1. The van der Waals surface area contributed by atoms with Crippen molar-refractivity contribution >= 4 is 5.91 Å². The van der Waals surface area contributed by atoms with E-state index in [1.807, 2.05) is 64.1 Å². The molecule has 1 unspecified atom stereocenters. The molecule has 0 aromatic heterocycles. The van der Waals surface area contributed by atoms with Crippen LogP contribution in [0, 0.1) is 13.8 Å². The van der Waals surface area contributed by atoms with Crippen LogP contribution >= 0.6 is 0 Å². The van der Waals surface area contributed by atoms with Crippen LogP contribution in [0.4, 0.5) is 0 Å². The van der Waals surface area contributed by atoms with E-state index in [-0.39, 0.29) is 24.2 Å². The normalized spacial score (nSPS) is 17.4. The fourth-order valence-corrected chi connectivity index (χ4v) is 3.43. The average Bonchev–Trinajstić information content (AvgIpc) is 2.59. The van der Waals surface area contributed by atoms with Gasteiger partial charge in [-0.15, -0.1) is 0 Å². The molecule has 27 heavy (non-hydrogen) atoms. The fourth-order valence-electron chi connectivity index (χ4n) is 3.43. The standard InChI is InChI=1S/C22H27NO4/c1-14-6-9-19(15(2)10-14)26-13-21(24)23-18-12-22(3,4)27-20-11-16(25-5)7-8-17(18)20/h6-11,18H,12-13H2,1-5H3,(H,23,24). The van der Waals surface area contributed by atoms with Crippen molar-refractivity contribution in [1.82, 2.24) is 5.32 Å². The lowest BCUT2D eigenvalue weighted by Gasteiger charge is -2.38. The molecule has 5 heteroatoms. The lowest BCUT2D eigenvalue weighted by molar-refractivity contribution is -0.124. The molecule has 3 rings (SSSR count). The summed E-state index contributed by atoms with van der Waals surface area (Å²) in [5.41, 5.74) is 2.76. The Labute approximate surface area is 160 Å². The van der Waals surface area contributed by atoms with Crippen LogP contribution in [-0.4, -0.2) is 25.2 Å². The number of fused-ring (bicyclic) bond motifs is 1. The van der Waals surface area contributed by atoms with Crippen LogP contribution in [0.1, 0.15) is 43.0 Å². The Balaban J connectivity index is 1.70. The molecular formula is C22H27NO4. The molecule has 1 heterocycles. The van der Waals surface area contributed by atoms with Crippen LogP contribution in [0.2, 0.25) is 0 Å². The first-order valence-corrected chi connectivity index (χ1v) is 9.14. The van der Waals surface area contributed by atoms with Gasteiger partial charge in [-0.2, -0.15) is 0 Å². The van der Waals surface area contributed by atoms with Crippen molar-refractivity contribution < 1.29 is 19.0 Å². The van der Waals surface area contributed by atoms with E-state index < -0.39 is 0 Å². The van der Waals surface area contributed by atoms with Crippen LogP contribution in [-0.2, 0) is 4.79 Å². The van der Waals surface area contributed by atoms with E-state index in [0.717, 1.165) is 28.4 Å². The second-order valence-corrected chi connectivity index (χ2v) is 7.65. The topological polar surface area (TPSA) is 56.8 Å². The number of rotatable bonds is 5. The van der Waals surface area contributed by atoms with Gasteiger partial charge >= 0.3 is 0 Å². The molecule has 0 fully saturated rings. The summed E-state index contributed by atoms with van der Waals surface area (Å²) in [6, 6.07) is 11.5. The van der Waals surface area contributed by atoms with Crippen molar-refractivity contribution in [3.63, 3.8) is 0 Å². The minimum atomic E-state index is -0.383. The van der Waals surface area contributed by atoms with E-state index in [2.05, 4.69) is 5.32 Å². The van der Waals surface area contributed by atoms with E-state index in [4.69, 9.17) is 14.2 Å².